The van der Waals surface area contributed by atoms with Crippen LogP contribution < -0.4 is 16.5 Å². The average Bonchev–Trinajstić information content (AvgIpc) is 2.38. The maximum atomic E-state index is 11.8. The lowest BCUT2D eigenvalue weighted by Crippen LogP contribution is -2.31. The third-order valence-electron chi connectivity index (χ3n) is 2.20. The predicted octanol–water partition coefficient (Wildman–Crippen LogP) is -0.206. The summed E-state index contributed by atoms with van der Waals surface area (Å²) >= 11 is 0. The summed E-state index contributed by atoms with van der Waals surface area (Å²) in [4.78, 5) is 34.2. The van der Waals surface area contributed by atoms with Crippen molar-refractivity contribution < 1.29 is 4.79 Å². The Morgan fingerprint density at radius 3 is 2.68 bits per heavy atom. The molecule has 0 aliphatic heterocycles. The van der Waals surface area contributed by atoms with Gasteiger partial charge in [0.1, 0.15) is 12.1 Å². The fourth-order valence-corrected chi connectivity index (χ4v) is 1.30. The van der Waals surface area contributed by atoms with E-state index in [1.165, 1.54) is 17.8 Å². The second kappa shape index (κ2) is 5.25. The van der Waals surface area contributed by atoms with Crippen LogP contribution >= 0.6 is 0 Å². The van der Waals surface area contributed by atoms with Crippen molar-refractivity contribution in [3.05, 3.63) is 40.7 Å². The molecular formula is C11H12N6O2. The topological polar surface area (TPSA) is 102 Å². The molecule has 0 aliphatic carbocycles. The number of rotatable bonds is 3. The van der Waals surface area contributed by atoms with Crippen molar-refractivity contribution in [3.8, 4) is 5.82 Å². The summed E-state index contributed by atoms with van der Waals surface area (Å²) in [7, 11) is 0. The van der Waals surface area contributed by atoms with Crippen LogP contribution in [0, 0.1) is 6.92 Å². The van der Waals surface area contributed by atoms with Gasteiger partial charge in [0.2, 0.25) is 11.9 Å². The molecular weight excluding hydrogens is 248 g/mol. The van der Waals surface area contributed by atoms with Crippen molar-refractivity contribution in [1.29, 1.82) is 0 Å². The lowest BCUT2D eigenvalue weighted by atomic mass is 10.3. The number of nitrogens with zero attached hydrogens (tertiary/aromatic N) is 4. The van der Waals surface area contributed by atoms with Gasteiger partial charge in [0.25, 0.3) is 0 Å². The molecule has 0 bridgehead atoms. The van der Waals surface area contributed by atoms with E-state index in [1.54, 1.807) is 12.3 Å². The number of hydrazine groups is 1. The highest BCUT2D eigenvalue weighted by molar-refractivity contribution is 5.73. The molecule has 2 aromatic heterocycles. The molecule has 2 heterocycles. The molecule has 0 radical (unpaired) electrons. The van der Waals surface area contributed by atoms with Crippen molar-refractivity contribution in [3.63, 3.8) is 0 Å². The van der Waals surface area contributed by atoms with Crippen molar-refractivity contribution >= 4 is 11.9 Å². The van der Waals surface area contributed by atoms with Gasteiger partial charge in [-0.3, -0.25) is 15.6 Å². The molecule has 2 N–H and O–H groups in total. The first-order valence-corrected chi connectivity index (χ1v) is 5.47. The van der Waals surface area contributed by atoms with Crippen LogP contribution in [0.3, 0.4) is 0 Å². The monoisotopic (exact) mass is 260 g/mol. The van der Waals surface area contributed by atoms with E-state index >= 15 is 0 Å². The van der Waals surface area contributed by atoms with Gasteiger partial charge in [0.05, 0.1) is 0 Å². The van der Waals surface area contributed by atoms with Crippen molar-refractivity contribution in [2.45, 2.75) is 13.8 Å². The first kappa shape index (κ1) is 12.7. The van der Waals surface area contributed by atoms with Crippen LogP contribution in [0.5, 0.6) is 0 Å². The maximum Gasteiger partial charge on any atom is 0.357 e. The fraction of sp³-hybridized carbons (Fsp3) is 0.182. The Morgan fingerprint density at radius 2 is 2.11 bits per heavy atom. The van der Waals surface area contributed by atoms with Crippen LogP contribution in [-0.2, 0) is 4.79 Å². The standard InChI is InChI=1S/C11H12N6O2/c1-7-3-4-9(12-5-7)17-6-13-10(14-11(17)19)16-15-8(2)18/h3-6H,1-2H3,(H,15,18)(H,14,16,19). The summed E-state index contributed by atoms with van der Waals surface area (Å²) < 4.78 is 1.21. The zero-order valence-corrected chi connectivity index (χ0v) is 10.4. The van der Waals surface area contributed by atoms with Crippen molar-refractivity contribution in [2.75, 3.05) is 5.43 Å². The number of anilines is 1. The molecule has 8 nitrogen and oxygen atoms in total. The van der Waals surface area contributed by atoms with Gasteiger partial charge in [-0.15, -0.1) is 0 Å². The van der Waals surface area contributed by atoms with E-state index in [1.807, 2.05) is 13.0 Å². The molecule has 8 heteroatoms. The summed E-state index contributed by atoms with van der Waals surface area (Å²) in [6.07, 6.45) is 2.93. The van der Waals surface area contributed by atoms with Crippen LogP contribution in [-0.4, -0.2) is 25.4 Å². The predicted molar refractivity (Wildman–Crippen MR) is 67.6 cm³/mol. The number of hydrogen-bond donors (Lipinski definition) is 2. The molecule has 0 unspecified atom stereocenters. The largest absolute Gasteiger partial charge is 0.357 e. The fourth-order valence-electron chi connectivity index (χ4n) is 1.30. The molecule has 1 amide bonds. The number of pyridine rings is 1. The summed E-state index contributed by atoms with van der Waals surface area (Å²) in [6, 6.07) is 3.53. The maximum absolute atomic E-state index is 11.8. The third-order valence-corrected chi connectivity index (χ3v) is 2.20. The van der Waals surface area contributed by atoms with E-state index in [0.717, 1.165) is 5.56 Å². The van der Waals surface area contributed by atoms with E-state index < -0.39 is 5.69 Å². The minimum absolute atomic E-state index is 0.0172. The molecule has 0 saturated carbocycles. The number of hydrogen-bond acceptors (Lipinski definition) is 6. The normalized spacial score (nSPS) is 10.0. The number of aromatic nitrogens is 4. The van der Waals surface area contributed by atoms with Gasteiger partial charge in [-0.25, -0.2) is 19.3 Å². The zero-order valence-electron chi connectivity index (χ0n) is 10.4. The van der Waals surface area contributed by atoms with Crippen LogP contribution in [0.15, 0.2) is 29.5 Å². The molecule has 0 spiro atoms. The summed E-state index contributed by atoms with van der Waals surface area (Å²) in [6.45, 7) is 3.22. The Balaban J connectivity index is 2.26. The van der Waals surface area contributed by atoms with Gasteiger partial charge in [0, 0.05) is 13.1 Å². The van der Waals surface area contributed by atoms with Gasteiger partial charge >= 0.3 is 5.69 Å². The van der Waals surface area contributed by atoms with Crippen molar-refractivity contribution in [2.24, 2.45) is 0 Å². The smallest absolute Gasteiger partial charge is 0.274 e. The lowest BCUT2D eigenvalue weighted by molar-refractivity contribution is -0.118. The molecule has 98 valence electrons. The van der Waals surface area contributed by atoms with Crippen LogP contribution in [0.1, 0.15) is 12.5 Å². The Bertz CT molecular complexity index is 649. The first-order chi connectivity index (χ1) is 9.06. The van der Waals surface area contributed by atoms with Crippen LogP contribution in [0.2, 0.25) is 0 Å². The Labute approximate surface area is 108 Å². The van der Waals surface area contributed by atoms with Gasteiger partial charge in [-0.1, -0.05) is 6.07 Å². The SMILES string of the molecule is CC(=O)NNc1ncn(-c2ccc(C)cn2)c(=O)n1. The Morgan fingerprint density at radius 1 is 1.32 bits per heavy atom. The second-order valence-electron chi connectivity index (χ2n) is 3.83. The lowest BCUT2D eigenvalue weighted by Gasteiger charge is -2.06. The minimum atomic E-state index is -0.542. The first-order valence-electron chi connectivity index (χ1n) is 5.47. The van der Waals surface area contributed by atoms with Gasteiger partial charge in [0.15, 0.2) is 0 Å². The molecule has 19 heavy (non-hydrogen) atoms. The molecule has 0 aliphatic rings. The number of carbonyl (C=O) groups excluding carboxylic acids is 1. The molecule has 0 atom stereocenters. The van der Waals surface area contributed by atoms with E-state index in [2.05, 4.69) is 25.8 Å². The van der Waals surface area contributed by atoms with Crippen LogP contribution in [0.4, 0.5) is 5.95 Å². The van der Waals surface area contributed by atoms with Gasteiger partial charge in [-0.2, -0.15) is 4.98 Å². The number of nitrogens with one attached hydrogen (secondary N) is 2. The van der Waals surface area contributed by atoms with Gasteiger partial charge < -0.3 is 0 Å². The number of carbonyl (C=O) groups is 1. The highest BCUT2D eigenvalue weighted by Gasteiger charge is 2.04. The molecule has 2 rings (SSSR count). The van der Waals surface area contributed by atoms with E-state index in [-0.39, 0.29) is 11.9 Å². The molecule has 0 aromatic carbocycles. The minimum Gasteiger partial charge on any atom is -0.274 e. The second-order valence-corrected chi connectivity index (χ2v) is 3.83. The van der Waals surface area contributed by atoms with Gasteiger partial charge in [-0.05, 0) is 18.6 Å². The highest BCUT2D eigenvalue weighted by Crippen LogP contribution is 2.02. The molecule has 0 saturated heterocycles. The number of amides is 1. The molecule has 0 fully saturated rings. The van der Waals surface area contributed by atoms with Crippen LogP contribution in [0.25, 0.3) is 5.82 Å². The Hall–Kier alpha value is -2.77. The summed E-state index contributed by atoms with van der Waals surface area (Å²) in [5.41, 5.74) is 5.14. The van der Waals surface area contributed by atoms with Crippen molar-refractivity contribution in [1.82, 2.24) is 24.9 Å². The highest BCUT2D eigenvalue weighted by atomic mass is 16.2. The summed E-state index contributed by atoms with van der Waals surface area (Å²) in [5, 5.41) is 0. The molecule has 2 aromatic rings. The summed E-state index contributed by atoms with van der Waals surface area (Å²) in [5.74, 6) is 0.137. The zero-order chi connectivity index (χ0) is 13.8. The number of aryl methyl sites for hydroxylation is 1. The quantitative estimate of drug-likeness (QED) is 0.741. The van der Waals surface area contributed by atoms with E-state index in [0.29, 0.717) is 5.82 Å². The third kappa shape index (κ3) is 3.12. The van der Waals surface area contributed by atoms with E-state index in [9.17, 15) is 9.59 Å². The van der Waals surface area contributed by atoms with E-state index in [4.69, 9.17) is 0 Å². The average molecular weight is 260 g/mol. The Kier molecular flexibility index (Phi) is 3.51.